The highest BCUT2D eigenvalue weighted by Crippen LogP contribution is 2.28. The van der Waals surface area contributed by atoms with Gasteiger partial charge in [0, 0.05) is 41.8 Å². The summed E-state index contributed by atoms with van der Waals surface area (Å²) in [5, 5.41) is 3.52. The lowest BCUT2D eigenvalue weighted by molar-refractivity contribution is -0.119. The Labute approximate surface area is 175 Å². The summed E-state index contributed by atoms with van der Waals surface area (Å²) in [6.45, 7) is 6.22. The van der Waals surface area contributed by atoms with Gasteiger partial charge < -0.3 is 10.1 Å². The van der Waals surface area contributed by atoms with Crippen LogP contribution >= 0.6 is 0 Å². The molecule has 0 fully saturated rings. The van der Waals surface area contributed by atoms with E-state index in [2.05, 4.69) is 17.1 Å². The number of nitrogens with zero attached hydrogens (tertiary/aromatic N) is 2. The summed E-state index contributed by atoms with van der Waals surface area (Å²) < 4.78 is 5.43. The molecule has 0 saturated heterocycles. The molecule has 0 bridgehead atoms. The van der Waals surface area contributed by atoms with Gasteiger partial charge in [0.05, 0.1) is 11.1 Å². The molecule has 30 heavy (non-hydrogen) atoms. The second-order valence-electron chi connectivity index (χ2n) is 7.54. The lowest BCUT2D eigenvalue weighted by atomic mass is 9.96. The van der Waals surface area contributed by atoms with Crippen LogP contribution in [0.4, 0.5) is 5.69 Å². The van der Waals surface area contributed by atoms with Crippen molar-refractivity contribution in [2.24, 2.45) is 0 Å². The molecule has 154 valence electrons. The topological polar surface area (TPSA) is 71.5 Å². The summed E-state index contributed by atoms with van der Waals surface area (Å²) in [6.07, 6.45) is 0.794. The number of carbonyl (C=O) groups is 2. The maximum Gasteiger partial charge on any atom is 0.339 e. The van der Waals surface area contributed by atoms with Crippen LogP contribution in [-0.2, 0) is 22.5 Å². The van der Waals surface area contributed by atoms with Crippen LogP contribution in [-0.4, -0.2) is 41.5 Å². The summed E-state index contributed by atoms with van der Waals surface area (Å²) in [5.74, 6) is -0.850. The maximum atomic E-state index is 13.1. The Hall–Kier alpha value is -3.25. The first-order chi connectivity index (χ1) is 14.5. The van der Waals surface area contributed by atoms with Gasteiger partial charge in [-0.2, -0.15) is 0 Å². The van der Waals surface area contributed by atoms with E-state index in [0.29, 0.717) is 17.8 Å². The summed E-state index contributed by atoms with van der Waals surface area (Å²) >= 11 is 0. The molecule has 2 heterocycles. The van der Waals surface area contributed by atoms with Crippen molar-refractivity contribution in [2.75, 3.05) is 25.0 Å². The lowest BCUT2D eigenvalue weighted by Crippen LogP contribution is -2.32. The van der Waals surface area contributed by atoms with E-state index >= 15 is 0 Å². The number of nitrogens with one attached hydrogen (secondary N) is 1. The van der Waals surface area contributed by atoms with E-state index in [0.717, 1.165) is 47.2 Å². The molecule has 1 aromatic heterocycles. The Morgan fingerprint density at radius 3 is 2.67 bits per heavy atom. The quantitative estimate of drug-likeness (QED) is 0.658. The number of ether oxygens (including phenoxy) is 1. The smallest absolute Gasteiger partial charge is 0.339 e. The molecule has 0 radical (unpaired) electrons. The molecule has 4 rings (SSSR count). The number of hydrogen-bond donors (Lipinski definition) is 1. The third kappa shape index (κ3) is 4.19. The van der Waals surface area contributed by atoms with Gasteiger partial charge in [-0.1, -0.05) is 42.8 Å². The zero-order valence-electron chi connectivity index (χ0n) is 17.3. The van der Waals surface area contributed by atoms with Gasteiger partial charge in [-0.15, -0.1) is 0 Å². The Morgan fingerprint density at radius 2 is 1.90 bits per heavy atom. The third-order valence-corrected chi connectivity index (χ3v) is 5.45. The predicted octanol–water partition coefficient (Wildman–Crippen LogP) is 3.72. The number of aryl methyl sites for hydroxylation is 1. The van der Waals surface area contributed by atoms with Gasteiger partial charge in [-0.25, -0.2) is 4.79 Å². The minimum absolute atomic E-state index is 0.338. The van der Waals surface area contributed by atoms with E-state index in [1.807, 2.05) is 55.5 Å². The zero-order valence-corrected chi connectivity index (χ0v) is 17.3. The minimum atomic E-state index is -0.484. The van der Waals surface area contributed by atoms with E-state index in [9.17, 15) is 9.59 Å². The Balaban J connectivity index is 1.56. The van der Waals surface area contributed by atoms with Crippen molar-refractivity contribution in [2.45, 2.75) is 26.8 Å². The second kappa shape index (κ2) is 8.63. The highest BCUT2D eigenvalue weighted by Gasteiger charge is 2.26. The molecule has 0 saturated carbocycles. The summed E-state index contributed by atoms with van der Waals surface area (Å²) in [7, 11) is 0. The largest absolute Gasteiger partial charge is 0.452 e. The fourth-order valence-corrected chi connectivity index (χ4v) is 3.79. The molecule has 3 aromatic rings. The summed E-state index contributed by atoms with van der Waals surface area (Å²) in [5.41, 5.74) is 4.93. The molecule has 1 aliphatic rings. The first-order valence-electron chi connectivity index (χ1n) is 10.2. The molecule has 2 aromatic carbocycles. The van der Waals surface area contributed by atoms with Crippen LogP contribution in [0.15, 0.2) is 48.5 Å². The van der Waals surface area contributed by atoms with E-state index in [1.54, 1.807) is 0 Å². The Bertz CT molecular complexity index is 1090. The highest BCUT2D eigenvalue weighted by atomic mass is 16.5. The lowest BCUT2D eigenvalue weighted by Gasteiger charge is -2.28. The number of benzene rings is 2. The van der Waals surface area contributed by atoms with Crippen molar-refractivity contribution in [3.05, 3.63) is 70.9 Å². The van der Waals surface area contributed by atoms with Crippen molar-refractivity contribution < 1.29 is 14.3 Å². The van der Waals surface area contributed by atoms with E-state index in [4.69, 9.17) is 9.72 Å². The number of hydrogen-bond acceptors (Lipinski definition) is 5. The summed E-state index contributed by atoms with van der Waals surface area (Å²) in [4.78, 5) is 32.4. The number of aromatic nitrogens is 1. The number of rotatable bonds is 5. The van der Waals surface area contributed by atoms with Crippen molar-refractivity contribution >= 4 is 28.5 Å². The van der Waals surface area contributed by atoms with E-state index < -0.39 is 5.97 Å². The van der Waals surface area contributed by atoms with E-state index in [1.165, 1.54) is 0 Å². The van der Waals surface area contributed by atoms with Gasteiger partial charge in [-0.05, 0) is 31.7 Å². The van der Waals surface area contributed by atoms with Gasteiger partial charge in [0.1, 0.15) is 0 Å². The van der Waals surface area contributed by atoms with Gasteiger partial charge in [0.2, 0.25) is 0 Å². The number of fused-ring (bicyclic) bond motifs is 2. The molecule has 1 amide bonds. The van der Waals surface area contributed by atoms with E-state index in [-0.39, 0.29) is 12.5 Å². The van der Waals surface area contributed by atoms with Crippen LogP contribution in [0.1, 0.15) is 34.1 Å². The fraction of sp³-hybridized carbons (Fsp3) is 0.292. The number of pyridine rings is 1. The Kier molecular flexibility index (Phi) is 5.77. The van der Waals surface area contributed by atoms with Crippen LogP contribution in [0.25, 0.3) is 10.9 Å². The van der Waals surface area contributed by atoms with Crippen molar-refractivity contribution in [3.8, 4) is 0 Å². The Morgan fingerprint density at radius 1 is 1.13 bits per heavy atom. The maximum absolute atomic E-state index is 13.1. The van der Waals surface area contributed by atoms with Crippen LogP contribution in [0.3, 0.4) is 0 Å². The van der Waals surface area contributed by atoms with Crippen molar-refractivity contribution in [1.82, 2.24) is 9.88 Å². The molecular formula is C24H25N3O3. The monoisotopic (exact) mass is 403 g/mol. The highest BCUT2D eigenvalue weighted by molar-refractivity contribution is 6.06. The molecular weight excluding hydrogens is 378 g/mol. The third-order valence-electron chi connectivity index (χ3n) is 5.45. The molecule has 0 spiro atoms. The molecule has 6 heteroatoms. The normalized spacial score (nSPS) is 13.7. The number of likely N-dealkylation sites (N-methyl/N-ethyl adjacent to an activating group) is 1. The summed E-state index contributed by atoms with van der Waals surface area (Å²) in [6, 6.07) is 15.1. The first-order valence-corrected chi connectivity index (χ1v) is 10.2. The minimum Gasteiger partial charge on any atom is -0.452 e. The molecule has 6 nitrogen and oxygen atoms in total. The molecule has 0 aliphatic carbocycles. The van der Waals surface area contributed by atoms with Crippen molar-refractivity contribution in [3.63, 3.8) is 0 Å². The van der Waals surface area contributed by atoms with Crippen molar-refractivity contribution in [1.29, 1.82) is 0 Å². The fourth-order valence-electron chi connectivity index (χ4n) is 3.79. The standard InChI is InChI=1S/C24H25N3O3/c1-3-27-13-12-21-19(14-27)23(18-6-4-5-7-20(18)26-21)24(29)30-15-22(28)25-17-10-8-16(2)9-11-17/h4-11H,3,12-15H2,1-2H3,(H,25,28). The number of esters is 1. The van der Waals surface area contributed by atoms with Gasteiger partial charge in [0.25, 0.3) is 5.91 Å². The number of para-hydroxylation sites is 1. The number of carbonyl (C=O) groups excluding carboxylic acids is 2. The first kappa shape index (κ1) is 20.0. The SMILES string of the molecule is CCN1CCc2nc3ccccc3c(C(=O)OCC(=O)Nc3ccc(C)cc3)c2C1. The number of anilines is 1. The average molecular weight is 403 g/mol. The van der Waals surface area contributed by atoms with Gasteiger partial charge >= 0.3 is 5.97 Å². The molecule has 1 aliphatic heterocycles. The van der Waals surface area contributed by atoms with Gasteiger partial charge in [-0.3, -0.25) is 14.7 Å². The van der Waals surface area contributed by atoms with Crippen LogP contribution in [0, 0.1) is 6.92 Å². The molecule has 1 N–H and O–H groups in total. The number of amides is 1. The van der Waals surface area contributed by atoms with Crippen LogP contribution < -0.4 is 5.32 Å². The zero-order chi connectivity index (χ0) is 21.1. The predicted molar refractivity (Wildman–Crippen MR) is 116 cm³/mol. The van der Waals surface area contributed by atoms with Crippen LogP contribution in [0.5, 0.6) is 0 Å². The van der Waals surface area contributed by atoms with Crippen LogP contribution in [0.2, 0.25) is 0 Å². The molecule has 0 atom stereocenters. The second-order valence-corrected chi connectivity index (χ2v) is 7.54. The average Bonchev–Trinajstić information content (AvgIpc) is 2.77. The molecule has 0 unspecified atom stereocenters. The van der Waals surface area contributed by atoms with Gasteiger partial charge in [0.15, 0.2) is 6.61 Å².